The minimum atomic E-state index is -0.874. The molecule has 14 nitrogen and oxygen atoms in total. The van der Waals surface area contributed by atoms with E-state index in [2.05, 4.69) is 36.4 Å². The molecule has 1 fully saturated rings. The Bertz CT molecular complexity index is 1320. The summed E-state index contributed by atoms with van der Waals surface area (Å²) < 4.78 is 7.23. The Labute approximate surface area is 217 Å². The van der Waals surface area contributed by atoms with Crippen molar-refractivity contribution >= 4 is 35.0 Å². The van der Waals surface area contributed by atoms with E-state index in [1.807, 2.05) is 0 Å². The molecule has 4 N–H and O–H groups in total. The highest BCUT2D eigenvalue weighted by atomic mass is 16.6. The fraction of sp³-hybridized carbons (Fsp3) is 0.375. The van der Waals surface area contributed by atoms with Crippen molar-refractivity contribution in [3.63, 3.8) is 0 Å². The first-order valence-electron chi connectivity index (χ1n) is 12.1. The number of hydrogen-bond acceptors (Lipinski definition) is 10. The molecule has 0 bridgehead atoms. The first-order valence-corrected chi connectivity index (χ1v) is 12.1. The SMILES string of the molecule is CCONC(=O)c1nnc(NC(=O)C2CC2)cc1Nc1cccc(-c2ncn(CCCC(=O)O)n2)c1OC. The van der Waals surface area contributed by atoms with E-state index >= 15 is 0 Å². The molecular formula is C24H28N8O6. The summed E-state index contributed by atoms with van der Waals surface area (Å²) in [5.41, 5.74) is 3.54. The summed E-state index contributed by atoms with van der Waals surface area (Å²) in [5.74, 6) is -0.731. The van der Waals surface area contributed by atoms with Gasteiger partial charge in [0.15, 0.2) is 23.1 Å². The van der Waals surface area contributed by atoms with Gasteiger partial charge in [0.05, 0.1) is 30.7 Å². The van der Waals surface area contributed by atoms with Gasteiger partial charge in [-0.2, -0.15) is 5.10 Å². The van der Waals surface area contributed by atoms with Crippen molar-refractivity contribution in [1.29, 1.82) is 0 Å². The van der Waals surface area contributed by atoms with E-state index < -0.39 is 11.9 Å². The van der Waals surface area contributed by atoms with Gasteiger partial charge >= 0.3 is 5.97 Å². The molecule has 0 atom stereocenters. The molecule has 1 aromatic carbocycles. The highest BCUT2D eigenvalue weighted by Gasteiger charge is 2.30. The van der Waals surface area contributed by atoms with Crippen molar-refractivity contribution in [2.45, 2.75) is 39.2 Å². The predicted octanol–water partition coefficient (Wildman–Crippen LogP) is 2.38. The molecule has 2 heterocycles. The van der Waals surface area contributed by atoms with Crippen LogP contribution >= 0.6 is 0 Å². The third-order valence-electron chi connectivity index (χ3n) is 5.56. The number of aryl methyl sites for hydroxylation is 1. The Hall–Kier alpha value is -4.59. The predicted molar refractivity (Wildman–Crippen MR) is 135 cm³/mol. The maximum absolute atomic E-state index is 12.7. The molecule has 1 saturated carbocycles. The number of amides is 2. The molecule has 0 unspecified atom stereocenters. The molecule has 0 saturated heterocycles. The molecule has 0 aliphatic heterocycles. The summed E-state index contributed by atoms with van der Waals surface area (Å²) >= 11 is 0. The van der Waals surface area contributed by atoms with Crippen molar-refractivity contribution in [3.8, 4) is 17.1 Å². The van der Waals surface area contributed by atoms with E-state index in [-0.39, 0.29) is 42.1 Å². The number of aliphatic carboxylic acids is 1. The van der Waals surface area contributed by atoms with Crippen LogP contribution in [0, 0.1) is 5.92 Å². The summed E-state index contributed by atoms with van der Waals surface area (Å²) in [6.45, 7) is 2.37. The zero-order valence-corrected chi connectivity index (χ0v) is 20.9. The van der Waals surface area contributed by atoms with Gasteiger partial charge in [-0.05, 0) is 38.3 Å². The van der Waals surface area contributed by atoms with Gasteiger partial charge in [-0.15, -0.1) is 10.2 Å². The lowest BCUT2D eigenvalue weighted by molar-refractivity contribution is -0.137. The van der Waals surface area contributed by atoms with Gasteiger partial charge in [-0.1, -0.05) is 6.07 Å². The van der Waals surface area contributed by atoms with Crippen LogP contribution in [0.5, 0.6) is 5.75 Å². The fourth-order valence-corrected chi connectivity index (χ4v) is 3.57. The maximum Gasteiger partial charge on any atom is 0.303 e. The minimum absolute atomic E-state index is 0.0280. The number of aromatic nitrogens is 5. The van der Waals surface area contributed by atoms with Crippen LogP contribution in [-0.4, -0.2) is 61.6 Å². The molecule has 2 aromatic heterocycles. The molecule has 1 aliphatic rings. The molecular weight excluding hydrogens is 496 g/mol. The standard InChI is InChI=1S/C24H28N8O6/c1-3-38-31-24(36)20-17(12-18(28-29-20)27-23(35)14-9-10-14)26-16-7-4-6-15(21(16)37-2)22-25-13-32(30-22)11-5-8-19(33)34/h4,6-7,12-14H,3,5,8-11H2,1-2H3,(H,31,36)(H,33,34)(H2,26,27,28,35). The van der Waals surface area contributed by atoms with E-state index in [9.17, 15) is 14.4 Å². The van der Waals surface area contributed by atoms with Gasteiger partial charge in [0, 0.05) is 24.9 Å². The number of methoxy groups -OCH3 is 1. The van der Waals surface area contributed by atoms with Crippen molar-refractivity contribution in [2.75, 3.05) is 24.4 Å². The molecule has 38 heavy (non-hydrogen) atoms. The molecule has 14 heteroatoms. The fourth-order valence-electron chi connectivity index (χ4n) is 3.57. The number of carboxylic acid groups (broad SMARTS) is 1. The van der Waals surface area contributed by atoms with E-state index in [1.165, 1.54) is 19.5 Å². The molecule has 3 aromatic rings. The van der Waals surface area contributed by atoms with Crippen LogP contribution in [0.25, 0.3) is 11.4 Å². The number of para-hydroxylation sites is 1. The molecule has 4 rings (SSSR count). The van der Waals surface area contributed by atoms with Gasteiger partial charge in [-0.3, -0.25) is 23.9 Å². The van der Waals surface area contributed by atoms with Gasteiger partial charge < -0.3 is 20.5 Å². The molecule has 2 amide bonds. The number of ether oxygens (including phenoxy) is 1. The van der Waals surface area contributed by atoms with Crippen LogP contribution in [-0.2, 0) is 21.0 Å². The zero-order valence-electron chi connectivity index (χ0n) is 20.9. The molecule has 0 radical (unpaired) electrons. The van der Waals surface area contributed by atoms with Gasteiger partial charge in [0.25, 0.3) is 5.91 Å². The first-order chi connectivity index (χ1) is 18.4. The third-order valence-corrected chi connectivity index (χ3v) is 5.56. The second kappa shape index (κ2) is 12.1. The summed E-state index contributed by atoms with van der Waals surface area (Å²) in [4.78, 5) is 45.1. The number of carbonyl (C=O) groups is 3. The Morgan fingerprint density at radius 1 is 1.18 bits per heavy atom. The van der Waals surface area contributed by atoms with Crippen molar-refractivity contribution in [1.82, 2.24) is 30.4 Å². The van der Waals surface area contributed by atoms with Crippen LogP contribution in [0.15, 0.2) is 30.6 Å². The summed E-state index contributed by atoms with van der Waals surface area (Å²) in [5, 5.41) is 27.1. The lowest BCUT2D eigenvalue weighted by Gasteiger charge is -2.16. The number of rotatable bonds is 13. The zero-order chi connectivity index (χ0) is 27.1. The van der Waals surface area contributed by atoms with Crippen LogP contribution in [0.1, 0.15) is 43.1 Å². The first kappa shape index (κ1) is 26.5. The van der Waals surface area contributed by atoms with E-state index in [0.717, 1.165) is 12.8 Å². The highest BCUT2D eigenvalue weighted by Crippen LogP contribution is 2.37. The van der Waals surface area contributed by atoms with Gasteiger partial charge in [0.2, 0.25) is 5.91 Å². The lowest BCUT2D eigenvalue weighted by Crippen LogP contribution is -2.26. The number of carbonyl (C=O) groups excluding carboxylic acids is 2. The molecule has 0 spiro atoms. The Balaban J connectivity index is 1.62. The van der Waals surface area contributed by atoms with Crippen LogP contribution in [0.3, 0.4) is 0 Å². The average Bonchev–Trinajstić information content (AvgIpc) is 3.66. The van der Waals surface area contributed by atoms with Crippen molar-refractivity contribution < 1.29 is 29.1 Å². The van der Waals surface area contributed by atoms with E-state index in [0.29, 0.717) is 35.8 Å². The second-order valence-electron chi connectivity index (χ2n) is 8.46. The number of hydrogen-bond donors (Lipinski definition) is 4. The van der Waals surface area contributed by atoms with Crippen LogP contribution in [0.4, 0.5) is 17.2 Å². The smallest absolute Gasteiger partial charge is 0.303 e. The second-order valence-corrected chi connectivity index (χ2v) is 8.46. The van der Waals surface area contributed by atoms with Gasteiger partial charge in [0.1, 0.15) is 6.33 Å². The Morgan fingerprint density at radius 2 is 2.00 bits per heavy atom. The van der Waals surface area contributed by atoms with Crippen molar-refractivity contribution in [2.24, 2.45) is 5.92 Å². The average molecular weight is 525 g/mol. The summed E-state index contributed by atoms with van der Waals surface area (Å²) in [6, 6.07) is 6.78. The normalized spacial score (nSPS) is 12.6. The van der Waals surface area contributed by atoms with E-state index in [4.69, 9.17) is 14.7 Å². The minimum Gasteiger partial charge on any atom is -0.494 e. The van der Waals surface area contributed by atoms with Crippen LogP contribution < -0.4 is 20.9 Å². The summed E-state index contributed by atoms with van der Waals surface area (Å²) in [6.07, 6.45) is 3.62. The topological polar surface area (TPSA) is 182 Å². The lowest BCUT2D eigenvalue weighted by atomic mass is 10.1. The number of carboxylic acids is 1. The van der Waals surface area contributed by atoms with Gasteiger partial charge in [-0.25, -0.2) is 10.5 Å². The monoisotopic (exact) mass is 524 g/mol. The number of hydroxylamine groups is 1. The largest absolute Gasteiger partial charge is 0.494 e. The molecule has 200 valence electrons. The Kier molecular flexibility index (Phi) is 8.43. The third kappa shape index (κ3) is 6.59. The van der Waals surface area contributed by atoms with E-state index in [1.54, 1.807) is 29.8 Å². The molecule has 1 aliphatic carbocycles. The van der Waals surface area contributed by atoms with Crippen LogP contribution in [0.2, 0.25) is 0 Å². The van der Waals surface area contributed by atoms with Crippen molar-refractivity contribution in [3.05, 3.63) is 36.3 Å². The number of anilines is 3. The highest BCUT2D eigenvalue weighted by molar-refractivity contribution is 5.99. The quantitative estimate of drug-likeness (QED) is 0.241. The Morgan fingerprint density at radius 3 is 2.71 bits per heavy atom. The maximum atomic E-state index is 12.7. The summed E-state index contributed by atoms with van der Waals surface area (Å²) in [7, 11) is 1.49. The number of nitrogens with zero attached hydrogens (tertiary/aromatic N) is 5. The number of benzene rings is 1. The number of nitrogens with one attached hydrogen (secondary N) is 3.